The molecule has 4 heteroatoms. The van der Waals surface area contributed by atoms with E-state index >= 15 is 0 Å². The molecule has 0 bridgehead atoms. The molecular weight excluding hydrogens is 204 g/mol. The normalized spacial score (nSPS) is 10.3. The number of carbonyl (C=O) groups is 1. The molecule has 0 atom stereocenters. The van der Waals surface area contributed by atoms with Crippen molar-refractivity contribution in [3.63, 3.8) is 0 Å². The summed E-state index contributed by atoms with van der Waals surface area (Å²) in [5, 5.41) is 0.821. The summed E-state index contributed by atoms with van der Waals surface area (Å²) in [7, 11) is 0. The first-order valence-corrected chi connectivity index (χ1v) is 5.09. The zero-order valence-corrected chi connectivity index (χ0v) is 8.93. The molecule has 16 heavy (non-hydrogen) atoms. The van der Waals surface area contributed by atoms with E-state index in [0.717, 1.165) is 10.9 Å². The van der Waals surface area contributed by atoms with E-state index in [1.54, 1.807) is 24.4 Å². The largest absolute Gasteiger partial charge is 0.275 e. The maximum Gasteiger partial charge on any atom is 0.275 e. The predicted molar refractivity (Wildman–Crippen MR) is 60.8 cm³/mol. The van der Waals surface area contributed by atoms with E-state index in [4.69, 9.17) is 4.84 Å². The molecule has 0 aliphatic rings. The number of fused-ring (bicyclic) bond motifs is 1. The van der Waals surface area contributed by atoms with Crippen molar-refractivity contribution < 1.29 is 9.63 Å². The first kappa shape index (κ1) is 10.6. The minimum Gasteiger partial charge on any atom is -0.274 e. The predicted octanol–water partition coefficient (Wildman–Crippen LogP) is 1.92. The first-order valence-electron chi connectivity index (χ1n) is 5.09. The van der Waals surface area contributed by atoms with Crippen molar-refractivity contribution >= 4 is 16.8 Å². The minimum absolute atomic E-state index is 0.250. The molecule has 0 saturated carbocycles. The third kappa shape index (κ3) is 2.01. The van der Waals surface area contributed by atoms with Crippen LogP contribution in [-0.4, -0.2) is 17.5 Å². The van der Waals surface area contributed by atoms with E-state index in [2.05, 4.69) is 10.5 Å². The lowest BCUT2D eigenvalue weighted by Gasteiger charge is -2.06. The lowest BCUT2D eigenvalue weighted by Crippen LogP contribution is -2.23. The van der Waals surface area contributed by atoms with E-state index < -0.39 is 0 Å². The summed E-state index contributed by atoms with van der Waals surface area (Å²) in [6.45, 7) is 2.25. The maximum atomic E-state index is 11.8. The van der Waals surface area contributed by atoms with Crippen LogP contribution in [0, 0.1) is 0 Å². The van der Waals surface area contributed by atoms with E-state index in [1.807, 2.05) is 19.1 Å². The number of aromatic nitrogens is 1. The highest BCUT2D eigenvalue weighted by atomic mass is 16.6. The number of hydrogen-bond acceptors (Lipinski definition) is 3. The van der Waals surface area contributed by atoms with Crippen LogP contribution >= 0.6 is 0 Å². The van der Waals surface area contributed by atoms with Gasteiger partial charge in [0.15, 0.2) is 0 Å². The smallest absolute Gasteiger partial charge is 0.274 e. The average molecular weight is 216 g/mol. The van der Waals surface area contributed by atoms with Gasteiger partial charge in [0.25, 0.3) is 5.91 Å². The zero-order valence-electron chi connectivity index (χ0n) is 8.93. The second-order valence-corrected chi connectivity index (χ2v) is 3.24. The van der Waals surface area contributed by atoms with Gasteiger partial charge >= 0.3 is 0 Å². The Morgan fingerprint density at radius 2 is 2.25 bits per heavy atom. The highest BCUT2D eigenvalue weighted by molar-refractivity contribution is 6.05. The third-order valence-electron chi connectivity index (χ3n) is 2.20. The van der Waals surface area contributed by atoms with Crippen molar-refractivity contribution in [3.05, 3.63) is 42.1 Å². The van der Waals surface area contributed by atoms with Crippen molar-refractivity contribution in [3.8, 4) is 0 Å². The molecule has 0 fully saturated rings. The van der Waals surface area contributed by atoms with Crippen molar-refractivity contribution in [2.45, 2.75) is 6.92 Å². The number of pyridine rings is 1. The van der Waals surface area contributed by atoms with E-state index in [0.29, 0.717) is 12.2 Å². The number of hydrogen-bond donors (Lipinski definition) is 1. The van der Waals surface area contributed by atoms with E-state index in [1.165, 1.54) is 0 Å². The SMILES string of the molecule is CCONC(=O)c1cccc2ncccc12. The molecule has 1 amide bonds. The van der Waals surface area contributed by atoms with Crippen LogP contribution in [0.1, 0.15) is 17.3 Å². The number of nitrogens with zero attached hydrogens (tertiary/aromatic N) is 1. The Labute approximate surface area is 93.2 Å². The van der Waals surface area contributed by atoms with Crippen molar-refractivity contribution in [2.75, 3.05) is 6.61 Å². The molecule has 1 N–H and O–H groups in total. The molecule has 0 aliphatic heterocycles. The summed E-state index contributed by atoms with van der Waals surface area (Å²) in [6, 6.07) is 9.09. The molecule has 1 heterocycles. The zero-order chi connectivity index (χ0) is 11.4. The molecule has 82 valence electrons. The summed E-state index contributed by atoms with van der Waals surface area (Å²) in [6.07, 6.45) is 1.70. The van der Waals surface area contributed by atoms with Crippen LogP contribution in [0.3, 0.4) is 0 Å². The van der Waals surface area contributed by atoms with E-state index in [9.17, 15) is 4.79 Å². The topological polar surface area (TPSA) is 51.2 Å². The molecule has 0 unspecified atom stereocenters. The molecule has 0 radical (unpaired) electrons. The lowest BCUT2D eigenvalue weighted by atomic mass is 10.1. The fourth-order valence-corrected chi connectivity index (χ4v) is 1.49. The second kappa shape index (κ2) is 4.72. The van der Waals surface area contributed by atoms with Crippen LogP contribution in [0.15, 0.2) is 36.5 Å². The van der Waals surface area contributed by atoms with Gasteiger partial charge in [0.2, 0.25) is 0 Å². The van der Waals surface area contributed by atoms with Crippen molar-refractivity contribution in [1.29, 1.82) is 0 Å². The maximum absolute atomic E-state index is 11.8. The average Bonchev–Trinajstić information content (AvgIpc) is 2.35. The van der Waals surface area contributed by atoms with Gasteiger partial charge in [-0.2, -0.15) is 0 Å². The first-order chi connectivity index (χ1) is 7.83. The van der Waals surface area contributed by atoms with Crippen LogP contribution < -0.4 is 5.48 Å². The molecule has 0 aliphatic carbocycles. The standard InChI is InChI=1S/C12H12N2O2/c1-2-16-14-12(15)10-5-3-7-11-9(10)6-4-8-13-11/h3-8H,2H2,1H3,(H,14,15). The number of amides is 1. The summed E-state index contributed by atoms with van der Waals surface area (Å²) < 4.78 is 0. The van der Waals surface area contributed by atoms with Gasteiger partial charge in [-0.05, 0) is 25.1 Å². The second-order valence-electron chi connectivity index (χ2n) is 3.24. The summed E-state index contributed by atoms with van der Waals surface area (Å²) in [5.41, 5.74) is 3.74. The Hall–Kier alpha value is -1.94. The van der Waals surface area contributed by atoms with Gasteiger partial charge in [-0.1, -0.05) is 12.1 Å². The molecule has 2 aromatic rings. The van der Waals surface area contributed by atoms with Gasteiger partial charge in [-0.3, -0.25) is 14.6 Å². The van der Waals surface area contributed by atoms with Crippen LogP contribution in [0.4, 0.5) is 0 Å². The van der Waals surface area contributed by atoms with Crippen molar-refractivity contribution in [1.82, 2.24) is 10.5 Å². The fraction of sp³-hybridized carbons (Fsp3) is 0.167. The molecule has 1 aromatic carbocycles. The Kier molecular flexibility index (Phi) is 3.12. The van der Waals surface area contributed by atoms with Gasteiger partial charge in [0.1, 0.15) is 0 Å². The van der Waals surface area contributed by atoms with Gasteiger partial charge in [-0.25, -0.2) is 5.48 Å². The Morgan fingerprint density at radius 3 is 3.06 bits per heavy atom. The fourth-order valence-electron chi connectivity index (χ4n) is 1.49. The number of carbonyl (C=O) groups excluding carboxylic acids is 1. The molecule has 0 spiro atoms. The number of hydroxylamine groups is 1. The molecule has 4 nitrogen and oxygen atoms in total. The summed E-state index contributed by atoms with van der Waals surface area (Å²) in [4.78, 5) is 20.8. The number of rotatable bonds is 3. The third-order valence-corrected chi connectivity index (χ3v) is 2.20. The van der Waals surface area contributed by atoms with Crippen LogP contribution in [0.5, 0.6) is 0 Å². The minimum atomic E-state index is -0.250. The van der Waals surface area contributed by atoms with E-state index in [-0.39, 0.29) is 5.91 Å². The van der Waals surface area contributed by atoms with Gasteiger partial charge in [-0.15, -0.1) is 0 Å². The molecule has 1 aromatic heterocycles. The van der Waals surface area contributed by atoms with Gasteiger partial charge < -0.3 is 0 Å². The quantitative estimate of drug-likeness (QED) is 0.797. The monoisotopic (exact) mass is 216 g/mol. The summed E-state index contributed by atoms with van der Waals surface area (Å²) >= 11 is 0. The Balaban J connectivity index is 2.40. The number of benzene rings is 1. The van der Waals surface area contributed by atoms with Gasteiger partial charge in [0.05, 0.1) is 17.7 Å². The lowest BCUT2D eigenvalue weighted by molar-refractivity contribution is 0.0366. The summed E-state index contributed by atoms with van der Waals surface area (Å²) in [5.74, 6) is -0.250. The van der Waals surface area contributed by atoms with Crippen molar-refractivity contribution in [2.24, 2.45) is 0 Å². The highest BCUT2D eigenvalue weighted by Crippen LogP contribution is 2.15. The van der Waals surface area contributed by atoms with Crippen LogP contribution in [0.25, 0.3) is 10.9 Å². The molecule has 2 rings (SSSR count). The highest BCUT2D eigenvalue weighted by Gasteiger charge is 2.09. The Morgan fingerprint density at radius 1 is 1.38 bits per heavy atom. The van der Waals surface area contributed by atoms with Crippen LogP contribution in [0.2, 0.25) is 0 Å². The molecular formula is C12H12N2O2. The Bertz CT molecular complexity index is 506. The van der Waals surface area contributed by atoms with Gasteiger partial charge in [0, 0.05) is 11.6 Å². The molecule has 0 saturated heterocycles. The number of nitrogens with one attached hydrogen (secondary N) is 1. The van der Waals surface area contributed by atoms with Crippen LogP contribution in [-0.2, 0) is 4.84 Å².